The van der Waals surface area contributed by atoms with Crippen molar-refractivity contribution in [3.63, 3.8) is 0 Å². The third-order valence-corrected chi connectivity index (χ3v) is 3.81. The number of Topliss-reactive ketones (excluding diaryl/α,β-unsaturated/α-hetero) is 1. The average Bonchev–Trinajstić information content (AvgIpc) is 2.90. The minimum absolute atomic E-state index is 0.0384. The van der Waals surface area contributed by atoms with E-state index < -0.39 is 48.4 Å². The molecule has 1 fully saturated rings. The quantitative estimate of drug-likeness (QED) is 0.577. The van der Waals surface area contributed by atoms with Crippen molar-refractivity contribution >= 4 is 11.8 Å². The summed E-state index contributed by atoms with van der Waals surface area (Å²) in [5, 5.41) is 9.49. The van der Waals surface area contributed by atoms with E-state index in [2.05, 4.69) is 4.98 Å². The highest BCUT2D eigenvalue weighted by Crippen LogP contribution is 2.32. The maximum Gasteiger partial charge on any atom is 0.330 e. The minimum atomic E-state index is -1.00. The van der Waals surface area contributed by atoms with Gasteiger partial charge in [0.25, 0.3) is 5.56 Å². The molecule has 0 bridgehead atoms. The Morgan fingerprint density at radius 2 is 2.04 bits per heavy atom. The monoisotopic (exact) mass is 356 g/mol. The number of esters is 1. The lowest BCUT2D eigenvalue weighted by molar-refractivity contribution is -0.158. The second-order valence-electron chi connectivity index (χ2n) is 5.62. The fraction of sp³-hybridized carbons (Fsp3) is 0.600. The number of hydrogen-bond donors (Lipinski definition) is 2. The number of nitrogens with one attached hydrogen (secondary N) is 1. The SMILES string of the molecule is CO[C@@H]1[C@@H](OC(=O)CCC(C)=O)[C@@H](CO)O[C@H]1n1ccc(=O)[nH]c1=O. The van der Waals surface area contributed by atoms with Gasteiger partial charge in [0.15, 0.2) is 12.3 Å². The predicted octanol–water partition coefficient (Wildman–Crippen LogP) is -1.28. The van der Waals surface area contributed by atoms with Gasteiger partial charge in [0, 0.05) is 25.8 Å². The lowest BCUT2D eigenvalue weighted by Crippen LogP contribution is -2.41. The number of H-pyrrole nitrogens is 1. The summed E-state index contributed by atoms with van der Waals surface area (Å²) in [5.74, 6) is -0.793. The molecule has 138 valence electrons. The number of carbonyl (C=O) groups is 2. The number of aliphatic hydroxyl groups excluding tert-OH is 1. The van der Waals surface area contributed by atoms with E-state index in [0.717, 1.165) is 10.6 Å². The van der Waals surface area contributed by atoms with Crippen molar-refractivity contribution in [2.75, 3.05) is 13.7 Å². The molecular formula is C15H20N2O8. The molecule has 1 aliphatic heterocycles. The molecule has 25 heavy (non-hydrogen) atoms. The number of carbonyl (C=O) groups excluding carboxylic acids is 2. The maximum absolute atomic E-state index is 12.0. The number of aromatic amines is 1. The molecule has 10 heteroatoms. The standard InChI is InChI=1S/C15H20N2O8/c1-8(19)3-4-11(21)25-12-9(7-18)24-14(13(12)23-2)17-6-5-10(20)16-15(17)22/h5-6,9,12-14,18H,3-4,7H2,1-2H3,(H,16,20,22)/t9-,12+,13-,14-/m1/s1. The maximum atomic E-state index is 12.0. The third-order valence-electron chi connectivity index (χ3n) is 3.81. The van der Waals surface area contributed by atoms with Crippen molar-refractivity contribution in [2.24, 2.45) is 0 Å². The second-order valence-corrected chi connectivity index (χ2v) is 5.62. The Balaban J connectivity index is 2.22. The van der Waals surface area contributed by atoms with Crippen LogP contribution < -0.4 is 11.2 Å². The Bertz CT molecular complexity index is 740. The Hall–Kier alpha value is -2.30. The number of aliphatic hydroxyl groups is 1. The van der Waals surface area contributed by atoms with E-state index in [9.17, 15) is 24.3 Å². The van der Waals surface area contributed by atoms with Gasteiger partial charge in [-0.2, -0.15) is 0 Å². The largest absolute Gasteiger partial charge is 0.456 e. The van der Waals surface area contributed by atoms with Gasteiger partial charge in [-0.3, -0.25) is 19.1 Å². The van der Waals surface area contributed by atoms with Crippen LogP contribution in [0.4, 0.5) is 0 Å². The third kappa shape index (κ3) is 4.41. The summed E-state index contributed by atoms with van der Waals surface area (Å²) in [4.78, 5) is 48.1. The van der Waals surface area contributed by atoms with Crippen LogP contribution in [0.2, 0.25) is 0 Å². The molecule has 2 N–H and O–H groups in total. The van der Waals surface area contributed by atoms with Crippen molar-refractivity contribution < 1.29 is 28.9 Å². The highest BCUT2D eigenvalue weighted by atomic mass is 16.6. The van der Waals surface area contributed by atoms with Crippen LogP contribution in [0.5, 0.6) is 0 Å². The predicted molar refractivity (Wildman–Crippen MR) is 82.9 cm³/mol. The molecule has 0 radical (unpaired) electrons. The molecule has 2 heterocycles. The van der Waals surface area contributed by atoms with E-state index >= 15 is 0 Å². The zero-order valence-corrected chi connectivity index (χ0v) is 13.8. The van der Waals surface area contributed by atoms with Crippen molar-refractivity contribution in [3.8, 4) is 0 Å². The topological polar surface area (TPSA) is 137 Å². The number of methoxy groups -OCH3 is 1. The zero-order chi connectivity index (χ0) is 18.6. The summed E-state index contributed by atoms with van der Waals surface area (Å²) in [6.07, 6.45) is -2.63. The van der Waals surface area contributed by atoms with Crippen molar-refractivity contribution in [1.82, 2.24) is 9.55 Å². The molecule has 1 aromatic rings. The molecule has 1 aliphatic rings. The first kappa shape index (κ1) is 19.0. The van der Waals surface area contributed by atoms with Gasteiger partial charge in [0.2, 0.25) is 0 Å². The van der Waals surface area contributed by atoms with Crippen molar-refractivity contribution in [2.45, 2.75) is 44.3 Å². The Labute approximate surface area is 142 Å². The van der Waals surface area contributed by atoms with Crippen LogP contribution in [-0.2, 0) is 23.8 Å². The highest BCUT2D eigenvalue weighted by molar-refractivity contribution is 5.81. The fourth-order valence-corrected chi connectivity index (χ4v) is 2.59. The Morgan fingerprint density at radius 3 is 2.60 bits per heavy atom. The Morgan fingerprint density at radius 1 is 1.32 bits per heavy atom. The molecule has 0 aliphatic carbocycles. The van der Waals surface area contributed by atoms with Gasteiger partial charge in [-0.25, -0.2) is 4.79 Å². The minimum Gasteiger partial charge on any atom is -0.456 e. The van der Waals surface area contributed by atoms with Crippen LogP contribution in [-0.4, -0.2) is 58.4 Å². The molecule has 1 aromatic heterocycles. The first-order valence-corrected chi connectivity index (χ1v) is 7.67. The summed E-state index contributed by atoms with van der Waals surface area (Å²) in [6.45, 7) is 0.887. The van der Waals surface area contributed by atoms with Crippen LogP contribution in [0.15, 0.2) is 21.9 Å². The van der Waals surface area contributed by atoms with Crippen LogP contribution in [0.1, 0.15) is 26.0 Å². The van der Waals surface area contributed by atoms with Crippen LogP contribution >= 0.6 is 0 Å². The average molecular weight is 356 g/mol. The summed E-state index contributed by atoms with van der Waals surface area (Å²) in [7, 11) is 1.34. The van der Waals surface area contributed by atoms with E-state index in [1.165, 1.54) is 20.2 Å². The van der Waals surface area contributed by atoms with Gasteiger partial charge in [-0.1, -0.05) is 0 Å². The first-order chi connectivity index (χ1) is 11.9. The normalized spacial score (nSPS) is 25.7. The van der Waals surface area contributed by atoms with Gasteiger partial charge in [-0.15, -0.1) is 0 Å². The van der Waals surface area contributed by atoms with Gasteiger partial charge in [-0.05, 0) is 6.92 Å². The van der Waals surface area contributed by atoms with Gasteiger partial charge >= 0.3 is 11.7 Å². The summed E-state index contributed by atoms with van der Waals surface area (Å²) < 4.78 is 17.3. The lowest BCUT2D eigenvalue weighted by atomic mass is 10.1. The van der Waals surface area contributed by atoms with Gasteiger partial charge < -0.3 is 24.1 Å². The molecule has 0 aromatic carbocycles. The smallest absolute Gasteiger partial charge is 0.330 e. The van der Waals surface area contributed by atoms with Crippen LogP contribution in [0.25, 0.3) is 0 Å². The van der Waals surface area contributed by atoms with E-state index in [4.69, 9.17) is 14.2 Å². The second kappa shape index (κ2) is 8.19. The molecule has 0 unspecified atom stereocenters. The number of rotatable bonds is 7. The molecule has 1 saturated heterocycles. The van der Waals surface area contributed by atoms with E-state index in [1.54, 1.807) is 0 Å². The number of aromatic nitrogens is 2. The zero-order valence-electron chi connectivity index (χ0n) is 13.8. The number of ketones is 1. The highest BCUT2D eigenvalue weighted by Gasteiger charge is 2.48. The van der Waals surface area contributed by atoms with E-state index in [1.807, 2.05) is 0 Å². The van der Waals surface area contributed by atoms with Crippen LogP contribution in [0.3, 0.4) is 0 Å². The van der Waals surface area contributed by atoms with E-state index in [0.29, 0.717) is 0 Å². The molecule has 0 spiro atoms. The fourth-order valence-electron chi connectivity index (χ4n) is 2.59. The molecule has 0 saturated carbocycles. The van der Waals surface area contributed by atoms with Crippen LogP contribution in [0, 0.1) is 0 Å². The first-order valence-electron chi connectivity index (χ1n) is 7.67. The molecule has 4 atom stereocenters. The molecular weight excluding hydrogens is 336 g/mol. The van der Waals surface area contributed by atoms with Crippen molar-refractivity contribution in [1.29, 1.82) is 0 Å². The molecule has 0 amide bonds. The van der Waals surface area contributed by atoms with Crippen molar-refractivity contribution in [3.05, 3.63) is 33.1 Å². The van der Waals surface area contributed by atoms with E-state index in [-0.39, 0.29) is 18.6 Å². The molecule has 2 rings (SSSR count). The molecule has 10 nitrogen and oxygen atoms in total. The van der Waals surface area contributed by atoms with Gasteiger partial charge in [0.05, 0.1) is 13.0 Å². The lowest BCUT2D eigenvalue weighted by Gasteiger charge is -2.23. The summed E-state index contributed by atoms with van der Waals surface area (Å²) in [5.41, 5.74) is -1.29. The summed E-state index contributed by atoms with van der Waals surface area (Å²) in [6, 6.07) is 1.14. The number of ether oxygens (including phenoxy) is 3. The number of nitrogens with zero attached hydrogens (tertiary/aromatic N) is 1. The summed E-state index contributed by atoms with van der Waals surface area (Å²) >= 11 is 0. The Kier molecular flexibility index (Phi) is 6.23. The van der Waals surface area contributed by atoms with Gasteiger partial charge in [0.1, 0.15) is 18.0 Å². The number of hydrogen-bond acceptors (Lipinski definition) is 8.